The van der Waals surface area contributed by atoms with Gasteiger partial charge in [-0.25, -0.2) is 0 Å². The molecule has 0 atom stereocenters. The SMILES string of the molecule is COc1ccccc1N(CCC#N)C(=S)Nc1cc(C)ccc1C. The van der Waals surface area contributed by atoms with Crippen LogP contribution in [0, 0.1) is 25.2 Å². The quantitative estimate of drug-likeness (QED) is 0.817. The summed E-state index contributed by atoms with van der Waals surface area (Å²) in [7, 11) is 1.63. The summed E-state index contributed by atoms with van der Waals surface area (Å²) >= 11 is 5.61. The minimum absolute atomic E-state index is 0.368. The second-order valence-corrected chi connectivity index (χ2v) is 5.87. The maximum absolute atomic E-state index is 8.97. The number of hydrogen-bond acceptors (Lipinski definition) is 3. The first-order valence-electron chi connectivity index (χ1n) is 7.72. The van der Waals surface area contributed by atoms with Crippen LogP contribution in [0.15, 0.2) is 42.5 Å². The normalized spacial score (nSPS) is 9.92. The summed E-state index contributed by atoms with van der Waals surface area (Å²) < 4.78 is 5.44. The van der Waals surface area contributed by atoms with Gasteiger partial charge in [-0.3, -0.25) is 0 Å². The number of nitrogens with zero attached hydrogens (tertiary/aromatic N) is 2. The number of hydrogen-bond donors (Lipinski definition) is 1. The van der Waals surface area contributed by atoms with E-state index in [0.717, 1.165) is 28.3 Å². The number of benzene rings is 2. The first kappa shape index (κ1) is 17.8. The third-order valence-electron chi connectivity index (χ3n) is 3.70. The molecule has 0 heterocycles. The molecule has 0 aliphatic heterocycles. The lowest BCUT2D eigenvalue weighted by Gasteiger charge is -2.27. The standard InChI is InChI=1S/C19H21N3OS/c1-14-9-10-15(2)16(13-14)21-19(24)22(12-6-11-20)17-7-4-5-8-18(17)23-3/h4-5,7-10,13H,6,12H2,1-3H3,(H,21,24). The zero-order valence-electron chi connectivity index (χ0n) is 14.2. The van der Waals surface area contributed by atoms with Crippen LogP contribution in [0.25, 0.3) is 0 Å². The third-order valence-corrected chi connectivity index (χ3v) is 4.03. The Morgan fingerprint density at radius 3 is 2.71 bits per heavy atom. The molecule has 0 amide bonds. The fourth-order valence-electron chi connectivity index (χ4n) is 2.40. The van der Waals surface area contributed by atoms with Crippen molar-refractivity contribution in [2.45, 2.75) is 20.3 Å². The van der Waals surface area contributed by atoms with Crippen LogP contribution in [0.2, 0.25) is 0 Å². The second kappa shape index (κ2) is 8.32. The Balaban J connectivity index is 2.32. The number of rotatable bonds is 5. The summed E-state index contributed by atoms with van der Waals surface area (Å²) in [5.41, 5.74) is 4.09. The van der Waals surface area contributed by atoms with Gasteiger partial charge in [-0.1, -0.05) is 24.3 Å². The van der Waals surface area contributed by atoms with Crippen molar-refractivity contribution in [1.82, 2.24) is 0 Å². The van der Waals surface area contributed by atoms with Gasteiger partial charge in [-0.2, -0.15) is 5.26 Å². The van der Waals surface area contributed by atoms with E-state index in [1.165, 1.54) is 0 Å². The molecule has 2 rings (SSSR count). The molecule has 0 fully saturated rings. The predicted molar refractivity (Wildman–Crippen MR) is 103 cm³/mol. The van der Waals surface area contributed by atoms with E-state index in [1.54, 1.807) is 7.11 Å². The van der Waals surface area contributed by atoms with Gasteiger partial charge < -0.3 is 15.0 Å². The highest BCUT2D eigenvalue weighted by Crippen LogP contribution is 2.29. The molecular formula is C19H21N3OS. The van der Waals surface area contributed by atoms with Crippen LogP contribution >= 0.6 is 12.2 Å². The van der Waals surface area contributed by atoms with Gasteiger partial charge in [0.1, 0.15) is 5.75 Å². The van der Waals surface area contributed by atoms with Gasteiger partial charge in [0.25, 0.3) is 0 Å². The minimum Gasteiger partial charge on any atom is -0.495 e. The maximum Gasteiger partial charge on any atom is 0.178 e. The van der Waals surface area contributed by atoms with Gasteiger partial charge in [0, 0.05) is 12.2 Å². The lowest BCUT2D eigenvalue weighted by molar-refractivity contribution is 0.415. The number of nitrogens with one attached hydrogen (secondary N) is 1. The van der Waals surface area contributed by atoms with Gasteiger partial charge in [0.2, 0.25) is 0 Å². The first-order valence-corrected chi connectivity index (χ1v) is 8.13. The molecule has 0 aliphatic carbocycles. The summed E-state index contributed by atoms with van der Waals surface area (Å²) in [6, 6.07) is 16.0. The number of ether oxygens (including phenoxy) is 1. The van der Waals surface area contributed by atoms with Gasteiger partial charge in [0.05, 0.1) is 25.3 Å². The zero-order valence-corrected chi connectivity index (χ0v) is 15.0. The number of anilines is 2. The smallest absolute Gasteiger partial charge is 0.178 e. The first-order chi connectivity index (χ1) is 11.6. The summed E-state index contributed by atoms with van der Waals surface area (Å²) in [5, 5.41) is 12.8. The van der Waals surface area contributed by atoms with Gasteiger partial charge in [-0.05, 0) is 55.4 Å². The summed E-state index contributed by atoms with van der Waals surface area (Å²) in [5.74, 6) is 0.723. The van der Waals surface area contributed by atoms with Crippen LogP contribution in [0.5, 0.6) is 5.75 Å². The van der Waals surface area contributed by atoms with E-state index < -0.39 is 0 Å². The molecule has 0 unspecified atom stereocenters. The van der Waals surface area contributed by atoms with Crippen LogP contribution in [-0.2, 0) is 0 Å². The van der Waals surface area contributed by atoms with Crippen LogP contribution in [0.1, 0.15) is 17.5 Å². The average molecular weight is 339 g/mol. The van der Waals surface area contributed by atoms with Gasteiger partial charge in [-0.15, -0.1) is 0 Å². The fraction of sp³-hybridized carbons (Fsp3) is 0.263. The molecule has 0 saturated heterocycles. The summed E-state index contributed by atoms with van der Waals surface area (Å²) in [4.78, 5) is 1.90. The molecule has 4 nitrogen and oxygen atoms in total. The van der Waals surface area contributed by atoms with E-state index in [4.69, 9.17) is 22.2 Å². The lowest BCUT2D eigenvalue weighted by Crippen LogP contribution is -2.36. The number of nitriles is 1. The highest BCUT2D eigenvalue weighted by atomic mass is 32.1. The lowest BCUT2D eigenvalue weighted by atomic mass is 10.1. The molecular weight excluding hydrogens is 318 g/mol. The minimum atomic E-state index is 0.368. The number of methoxy groups -OCH3 is 1. The number of thiocarbonyl (C=S) groups is 1. The molecule has 1 N–H and O–H groups in total. The molecule has 2 aromatic carbocycles. The van der Waals surface area contributed by atoms with E-state index in [9.17, 15) is 0 Å². The molecule has 24 heavy (non-hydrogen) atoms. The van der Waals surface area contributed by atoms with Crippen molar-refractivity contribution < 1.29 is 4.74 Å². The Morgan fingerprint density at radius 1 is 1.25 bits per heavy atom. The van der Waals surface area contributed by atoms with E-state index in [0.29, 0.717) is 18.1 Å². The van der Waals surface area contributed by atoms with Crippen molar-refractivity contribution in [3.63, 3.8) is 0 Å². The molecule has 0 saturated carbocycles. The second-order valence-electron chi connectivity index (χ2n) is 5.48. The maximum atomic E-state index is 8.97. The fourth-order valence-corrected chi connectivity index (χ4v) is 2.70. The Labute approximate surface area is 148 Å². The Hall–Kier alpha value is -2.58. The highest BCUT2D eigenvalue weighted by molar-refractivity contribution is 7.80. The van der Waals surface area contributed by atoms with E-state index in [2.05, 4.69) is 29.6 Å². The molecule has 0 bridgehead atoms. The van der Waals surface area contributed by atoms with E-state index in [-0.39, 0.29) is 0 Å². The molecule has 0 aromatic heterocycles. The monoisotopic (exact) mass is 339 g/mol. The Morgan fingerprint density at radius 2 is 2.00 bits per heavy atom. The largest absolute Gasteiger partial charge is 0.495 e. The highest BCUT2D eigenvalue weighted by Gasteiger charge is 2.16. The molecule has 0 radical (unpaired) electrons. The zero-order chi connectivity index (χ0) is 17.5. The molecule has 2 aromatic rings. The van der Waals surface area contributed by atoms with Crippen molar-refractivity contribution in [3.8, 4) is 11.8 Å². The van der Waals surface area contributed by atoms with Gasteiger partial charge in [0.15, 0.2) is 5.11 Å². The van der Waals surface area contributed by atoms with Crippen LogP contribution in [0.4, 0.5) is 11.4 Å². The molecule has 0 aliphatic rings. The van der Waals surface area contributed by atoms with Crippen molar-refractivity contribution in [2.75, 3.05) is 23.9 Å². The van der Waals surface area contributed by atoms with Crippen molar-refractivity contribution in [2.24, 2.45) is 0 Å². The average Bonchev–Trinajstić information content (AvgIpc) is 2.59. The Kier molecular flexibility index (Phi) is 6.16. The van der Waals surface area contributed by atoms with Crippen molar-refractivity contribution >= 4 is 28.7 Å². The molecule has 5 heteroatoms. The Bertz CT molecular complexity index is 767. The van der Waals surface area contributed by atoms with E-state index >= 15 is 0 Å². The number of para-hydroxylation sites is 2. The van der Waals surface area contributed by atoms with Crippen molar-refractivity contribution in [3.05, 3.63) is 53.6 Å². The van der Waals surface area contributed by atoms with E-state index in [1.807, 2.05) is 43.0 Å². The van der Waals surface area contributed by atoms with Gasteiger partial charge >= 0.3 is 0 Å². The van der Waals surface area contributed by atoms with Crippen LogP contribution in [0.3, 0.4) is 0 Å². The molecule has 0 spiro atoms. The topological polar surface area (TPSA) is 48.3 Å². The third kappa shape index (κ3) is 4.24. The van der Waals surface area contributed by atoms with Crippen LogP contribution < -0.4 is 15.0 Å². The predicted octanol–water partition coefficient (Wildman–Crippen LogP) is 4.43. The molecule has 124 valence electrons. The number of aryl methyl sites for hydroxylation is 2. The summed E-state index contributed by atoms with van der Waals surface area (Å²) in [6.45, 7) is 4.57. The summed E-state index contributed by atoms with van der Waals surface area (Å²) in [6.07, 6.45) is 0.368. The van der Waals surface area contributed by atoms with Crippen molar-refractivity contribution in [1.29, 1.82) is 5.26 Å². The van der Waals surface area contributed by atoms with Crippen LogP contribution in [-0.4, -0.2) is 18.8 Å².